The molecule has 0 radical (unpaired) electrons. The molecule has 0 fully saturated rings. The van der Waals surface area contributed by atoms with Gasteiger partial charge in [0.15, 0.2) is 0 Å². The molecule has 2 aromatic carbocycles. The van der Waals surface area contributed by atoms with E-state index >= 15 is 0 Å². The highest BCUT2D eigenvalue weighted by Crippen LogP contribution is 2.15. The van der Waals surface area contributed by atoms with Crippen molar-refractivity contribution >= 4 is 39.1 Å². The number of hydrogen-bond donors (Lipinski definition) is 1. The van der Waals surface area contributed by atoms with Gasteiger partial charge in [0.05, 0.1) is 0 Å². The predicted octanol–water partition coefficient (Wildman–Crippen LogP) is 4.67. The molecule has 2 rings (SSSR count). The van der Waals surface area contributed by atoms with Gasteiger partial charge in [0, 0.05) is 21.6 Å². The molecule has 2 aromatic rings. The van der Waals surface area contributed by atoms with Crippen LogP contribution in [0.3, 0.4) is 0 Å². The van der Waals surface area contributed by atoms with E-state index in [1.54, 1.807) is 0 Å². The van der Waals surface area contributed by atoms with E-state index in [1.807, 2.05) is 48.5 Å². The molecule has 0 atom stereocenters. The van der Waals surface area contributed by atoms with Gasteiger partial charge in [0.1, 0.15) is 0 Å². The Balaban J connectivity index is 1.84. The molecule has 1 amide bonds. The van der Waals surface area contributed by atoms with Crippen LogP contribution in [0.25, 0.3) is 0 Å². The Morgan fingerprint density at radius 3 is 2.32 bits per heavy atom. The molecule has 19 heavy (non-hydrogen) atoms. The van der Waals surface area contributed by atoms with Crippen LogP contribution in [-0.4, -0.2) is 5.91 Å². The first-order valence-corrected chi connectivity index (χ1v) is 7.10. The standard InChI is InChI=1S/C15H13BrClNO/c16-12-4-8-14(9-5-12)18-15(19)10-3-11-1-6-13(17)7-2-11/h1-2,4-9H,3,10H2,(H,18,19). The van der Waals surface area contributed by atoms with E-state index < -0.39 is 0 Å². The third-order valence-corrected chi connectivity index (χ3v) is 3.46. The summed E-state index contributed by atoms with van der Waals surface area (Å²) in [6.07, 6.45) is 1.16. The van der Waals surface area contributed by atoms with Crippen LogP contribution >= 0.6 is 27.5 Å². The summed E-state index contributed by atoms with van der Waals surface area (Å²) in [4.78, 5) is 11.8. The highest BCUT2D eigenvalue weighted by molar-refractivity contribution is 9.10. The highest BCUT2D eigenvalue weighted by atomic mass is 79.9. The second kappa shape index (κ2) is 6.73. The van der Waals surface area contributed by atoms with Gasteiger partial charge in [-0.1, -0.05) is 39.7 Å². The summed E-state index contributed by atoms with van der Waals surface area (Å²) in [6.45, 7) is 0. The minimum absolute atomic E-state index is 0.0114. The first-order valence-electron chi connectivity index (χ1n) is 5.93. The normalized spacial score (nSPS) is 10.2. The summed E-state index contributed by atoms with van der Waals surface area (Å²) in [7, 11) is 0. The van der Waals surface area contributed by atoms with Gasteiger partial charge in [-0.15, -0.1) is 0 Å². The van der Waals surface area contributed by atoms with Crippen LogP contribution in [0.1, 0.15) is 12.0 Å². The number of carbonyl (C=O) groups excluding carboxylic acids is 1. The molecular weight excluding hydrogens is 326 g/mol. The van der Waals surface area contributed by atoms with E-state index in [2.05, 4.69) is 21.2 Å². The largest absolute Gasteiger partial charge is 0.326 e. The first-order chi connectivity index (χ1) is 9.13. The Morgan fingerprint density at radius 2 is 1.68 bits per heavy atom. The van der Waals surface area contributed by atoms with Crippen LogP contribution in [0.15, 0.2) is 53.0 Å². The summed E-state index contributed by atoms with van der Waals surface area (Å²) >= 11 is 9.17. The van der Waals surface area contributed by atoms with E-state index in [0.717, 1.165) is 15.7 Å². The molecule has 0 saturated carbocycles. The summed E-state index contributed by atoms with van der Waals surface area (Å²) in [6, 6.07) is 15.1. The van der Waals surface area contributed by atoms with Crippen LogP contribution in [0.2, 0.25) is 5.02 Å². The van der Waals surface area contributed by atoms with Gasteiger partial charge in [0.25, 0.3) is 0 Å². The SMILES string of the molecule is O=C(CCc1ccc(Cl)cc1)Nc1ccc(Br)cc1. The molecular formula is C15H13BrClNO. The average molecular weight is 339 g/mol. The van der Waals surface area contributed by atoms with Crippen molar-refractivity contribution in [2.24, 2.45) is 0 Å². The zero-order valence-corrected chi connectivity index (χ0v) is 12.5. The Labute approximate surface area is 125 Å². The Hall–Kier alpha value is -1.32. The zero-order valence-electron chi connectivity index (χ0n) is 10.2. The zero-order chi connectivity index (χ0) is 13.7. The number of benzene rings is 2. The van der Waals surface area contributed by atoms with Crippen molar-refractivity contribution < 1.29 is 4.79 Å². The minimum Gasteiger partial charge on any atom is -0.326 e. The molecule has 0 aliphatic rings. The van der Waals surface area contributed by atoms with E-state index in [1.165, 1.54) is 0 Å². The summed E-state index contributed by atoms with van der Waals surface area (Å²) < 4.78 is 0.992. The van der Waals surface area contributed by atoms with Gasteiger partial charge in [-0.05, 0) is 48.4 Å². The maximum Gasteiger partial charge on any atom is 0.224 e. The predicted molar refractivity (Wildman–Crippen MR) is 82.5 cm³/mol. The van der Waals surface area contributed by atoms with Crippen molar-refractivity contribution in [2.45, 2.75) is 12.8 Å². The van der Waals surface area contributed by atoms with Gasteiger partial charge in [0.2, 0.25) is 5.91 Å². The quantitative estimate of drug-likeness (QED) is 0.862. The van der Waals surface area contributed by atoms with Gasteiger partial charge >= 0.3 is 0 Å². The van der Waals surface area contributed by atoms with E-state index in [9.17, 15) is 4.79 Å². The molecule has 0 heterocycles. The number of anilines is 1. The molecule has 4 heteroatoms. The molecule has 0 unspecified atom stereocenters. The molecule has 1 N–H and O–H groups in total. The van der Waals surface area contributed by atoms with Crippen molar-refractivity contribution in [3.63, 3.8) is 0 Å². The Kier molecular flexibility index (Phi) is 5.00. The highest BCUT2D eigenvalue weighted by Gasteiger charge is 2.03. The fourth-order valence-electron chi connectivity index (χ4n) is 1.67. The van der Waals surface area contributed by atoms with Crippen molar-refractivity contribution in [3.8, 4) is 0 Å². The van der Waals surface area contributed by atoms with E-state index in [0.29, 0.717) is 17.9 Å². The van der Waals surface area contributed by atoms with Crippen molar-refractivity contribution in [3.05, 3.63) is 63.6 Å². The molecule has 0 aromatic heterocycles. The molecule has 0 saturated heterocycles. The van der Waals surface area contributed by atoms with Gasteiger partial charge in [-0.25, -0.2) is 0 Å². The van der Waals surface area contributed by atoms with Crippen LogP contribution in [0.5, 0.6) is 0 Å². The van der Waals surface area contributed by atoms with Gasteiger partial charge < -0.3 is 5.32 Å². The Bertz CT molecular complexity index is 551. The molecule has 0 bridgehead atoms. The third-order valence-electron chi connectivity index (χ3n) is 2.68. The maximum atomic E-state index is 11.8. The molecule has 0 aliphatic heterocycles. The lowest BCUT2D eigenvalue weighted by Crippen LogP contribution is -2.12. The number of rotatable bonds is 4. The number of aryl methyl sites for hydroxylation is 1. The summed E-state index contributed by atoms with van der Waals surface area (Å²) in [5, 5.41) is 3.58. The van der Waals surface area contributed by atoms with Gasteiger partial charge in [-0.2, -0.15) is 0 Å². The smallest absolute Gasteiger partial charge is 0.224 e. The summed E-state index contributed by atoms with van der Waals surface area (Å²) in [5.41, 5.74) is 1.92. The summed E-state index contributed by atoms with van der Waals surface area (Å²) in [5.74, 6) is 0.0114. The lowest BCUT2D eigenvalue weighted by Gasteiger charge is -2.05. The van der Waals surface area contributed by atoms with Crippen LogP contribution in [0.4, 0.5) is 5.69 Å². The van der Waals surface area contributed by atoms with Crippen molar-refractivity contribution in [2.75, 3.05) is 5.32 Å². The topological polar surface area (TPSA) is 29.1 Å². The van der Waals surface area contributed by atoms with Crippen LogP contribution in [-0.2, 0) is 11.2 Å². The van der Waals surface area contributed by atoms with E-state index in [-0.39, 0.29) is 5.91 Å². The van der Waals surface area contributed by atoms with E-state index in [4.69, 9.17) is 11.6 Å². The average Bonchev–Trinajstić information content (AvgIpc) is 2.41. The molecule has 0 spiro atoms. The molecule has 0 aliphatic carbocycles. The van der Waals surface area contributed by atoms with Crippen LogP contribution < -0.4 is 5.32 Å². The Morgan fingerprint density at radius 1 is 1.05 bits per heavy atom. The van der Waals surface area contributed by atoms with Crippen molar-refractivity contribution in [1.82, 2.24) is 0 Å². The minimum atomic E-state index is 0.0114. The number of halogens is 2. The number of carbonyl (C=O) groups is 1. The number of hydrogen-bond acceptors (Lipinski definition) is 1. The fourth-order valence-corrected chi connectivity index (χ4v) is 2.06. The lowest BCUT2D eigenvalue weighted by molar-refractivity contribution is -0.116. The fraction of sp³-hybridized carbons (Fsp3) is 0.133. The number of nitrogens with one attached hydrogen (secondary N) is 1. The second-order valence-corrected chi connectivity index (χ2v) is 5.53. The second-order valence-electron chi connectivity index (χ2n) is 4.18. The molecule has 98 valence electrons. The molecule has 2 nitrogen and oxygen atoms in total. The lowest BCUT2D eigenvalue weighted by atomic mass is 10.1. The first kappa shape index (κ1) is 14.1. The van der Waals surface area contributed by atoms with Gasteiger partial charge in [-0.3, -0.25) is 4.79 Å². The number of amides is 1. The van der Waals surface area contributed by atoms with Crippen LogP contribution in [0, 0.1) is 0 Å². The third kappa shape index (κ3) is 4.69. The monoisotopic (exact) mass is 337 g/mol. The maximum absolute atomic E-state index is 11.8. The van der Waals surface area contributed by atoms with Crippen molar-refractivity contribution in [1.29, 1.82) is 0 Å².